The molecule has 0 aliphatic rings. The van der Waals surface area contributed by atoms with Gasteiger partial charge >= 0.3 is 7.82 Å². The summed E-state index contributed by atoms with van der Waals surface area (Å²) in [5.41, 5.74) is 0. The first-order chi connectivity index (χ1) is 33.0. The van der Waals surface area contributed by atoms with Crippen molar-refractivity contribution in [1.29, 1.82) is 0 Å². The lowest BCUT2D eigenvalue weighted by Gasteiger charge is -2.25. The van der Waals surface area contributed by atoms with Crippen molar-refractivity contribution >= 4 is 13.7 Å². The number of likely N-dealkylation sites (N-methyl/N-ethyl adjacent to an activating group) is 1. The van der Waals surface area contributed by atoms with Gasteiger partial charge in [0.05, 0.1) is 39.9 Å². The standard InChI is InChI=1S/C59H117N2O6P/c1-6-8-10-12-14-16-18-20-22-24-26-28-29-30-31-33-34-36-38-40-42-44-46-48-50-52-58(62)57(56-67-68(64,65)66-55-54-61(3,4)5)60-59(63)53-51-49-47-45-43-41-39-37-35-32-27-25-23-21-19-17-15-13-11-9-7-2/h32,35,50,52,57-58,62H,6-31,33-34,36-49,51,53-56H2,1-5H3,(H-,60,63,64,65)/p+1/b35-32-,52-50+. The Kier molecular flexibility index (Phi) is 50.1. The minimum absolute atomic E-state index is 0.0623. The monoisotopic (exact) mass is 982 g/mol. The van der Waals surface area contributed by atoms with Crippen LogP contribution in [0.5, 0.6) is 0 Å². The van der Waals surface area contributed by atoms with Crippen LogP contribution in [0.25, 0.3) is 0 Å². The molecule has 68 heavy (non-hydrogen) atoms. The first kappa shape index (κ1) is 67.0. The summed E-state index contributed by atoms with van der Waals surface area (Å²) in [5.74, 6) is -0.177. The number of carbonyl (C=O) groups is 1. The van der Waals surface area contributed by atoms with Gasteiger partial charge in [-0.3, -0.25) is 13.8 Å². The van der Waals surface area contributed by atoms with E-state index in [-0.39, 0.29) is 19.1 Å². The van der Waals surface area contributed by atoms with Crippen LogP contribution in [0.2, 0.25) is 0 Å². The lowest BCUT2D eigenvalue weighted by Crippen LogP contribution is -2.45. The topological polar surface area (TPSA) is 105 Å². The van der Waals surface area contributed by atoms with E-state index in [0.717, 1.165) is 38.5 Å². The van der Waals surface area contributed by atoms with Gasteiger partial charge in [0.2, 0.25) is 5.91 Å². The predicted molar refractivity (Wildman–Crippen MR) is 295 cm³/mol. The highest BCUT2D eigenvalue weighted by molar-refractivity contribution is 7.47. The molecule has 0 aromatic carbocycles. The summed E-state index contributed by atoms with van der Waals surface area (Å²) in [6.07, 6.45) is 64.2. The molecule has 3 N–H and O–H groups in total. The van der Waals surface area contributed by atoms with Crippen molar-refractivity contribution in [3.63, 3.8) is 0 Å². The van der Waals surface area contributed by atoms with Crippen LogP contribution in [0.1, 0.15) is 296 Å². The number of carbonyl (C=O) groups excluding carboxylic acids is 1. The van der Waals surface area contributed by atoms with Gasteiger partial charge in [-0.05, 0) is 44.9 Å². The van der Waals surface area contributed by atoms with Crippen LogP contribution in [-0.4, -0.2) is 73.4 Å². The predicted octanol–water partition coefficient (Wildman–Crippen LogP) is 18.0. The second kappa shape index (κ2) is 50.9. The van der Waals surface area contributed by atoms with Gasteiger partial charge in [-0.25, -0.2) is 4.57 Å². The van der Waals surface area contributed by atoms with Crippen molar-refractivity contribution < 1.29 is 32.9 Å². The zero-order valence-corrected chi connectivity index (χ0v) is 47.0. The SMILES string of the molecule is CCCCCCCCCCCC/C=C\CCCCCCCCCC(=O)NC(COP(=O)(O)OCC[N+](C)(C)C)C(O)/C=C/CCCCCCCCCCCCCCCCCCCCCCCCC. The number of phosphoric acid groups is 1. The number of hydrogen-bond donors (Lipinski definition) is 3. The minimum Gasteiger partial charge on any atom is -0.387 e. The van der Waals surface area contributed by atoms with Gasteiger partial charge in [0, 0.05) is 6.42 Å². The Balaban J connectivity index is 4.19. The average Bonchev–Trinajstić information content (AvgIpc) is 3.30. The number of rotatable bonds is 55. The molecule has 0 fully saturated rings. The van der Waals surface area contributed by atoms with E-state index in [2.05, 4.69) is 31.3 Å². The van der Waals surface area contributed by atoms with E-state index in [9.17, 15) is 19.4 Å². The molecule has 0 aromatic heterocycles. The number of phosphoric ester groups is 1. The molecule has 0 heterocycles. The number of aliphatic hydroxyl groups is 1. The summed E-state index contributed by atoms with van der Waals surface area (Å²) in [6.45, 7) is 4.86. The Bertz CT molecular complexity index is 1160. The maximum atomic E-state index is 13.0. The Labute approximate surface area is 424 Å². The number of quaternary nitrogens is 1. The smallest absolute Gasteiger partial charge is 0.387 e. The molecule has 404 valence electrons. The van der Waals surface area contributed by atoms with Crippen LogP contribution in [-0.2, 0) is 18.4 Å². The molecule has 0 radical (unpaired) electrons. The number of nitrogens with zero attached hydrogens (tertiary/aromatic N) is 1. The molecule has 0 bridgehead atoms. The third-order valence-corrected chi connectivity index (χ3v) is 14.6. The van der Waals surface area contributed by atoms with Crippen molar-refractivity contribution in [3.05, 3.63) is 24.3 Å². The third kappa shape index (κ3) is 52.8. The third-order valence-electron chi connectivity index (χ3n) is 13.7. The van der Waals surface area contributed by atoms with Crippen LogP contribution >= 0.6 is 7.82 Å². The molecule has 3 unspecified atom stereocenters. The molecular formula is C59H118N2O6P+. The fourth-order valence-electron chi connectivity index (χ4n) is 8.98. The second-order valence-electron chi connectivity index (χ2n) is 21.7. The summed E-state index contributed by atoms with van der Waals surface area (Å²) < 4.78 is 23.7. The first-order valence-electron chi connectivity index (χ1n) is 29.7. The number of aliphatic hydroxyl groups excluding tert-OH is 1. The van der Waals surface area contributed by atoms with Crippen LogP contribution < -0.4 is 5.32 Å². The lowest BCUT2D eigenvalue weighted by atomic mass is 10.0. The van der Waals surface area contributed by atoms with E-state index in [1.807, 2.05) is 27.2 Å². The van der Waals surface area contributed by atoms with Gasteiger partial charge in [0.15, 0.2) is 0 Å². The van der Waals surface area contributed by atoms with Crippen LogP contribution in [0.4, 0.5) is 0 Å². The van der Waals surface area contributed by atoms with Crippen molar-refractivity contribution in [2.75, 3.05) is 40.9 Å². The molecule has 0 spiro atoms. The molecule has 1 amide bonds. The molecule has 0 aliphatic carbocycles. The van der Waals surface area contributed by atoms with Gasteiger partial charge < -0.3 is 19.8 Å². The van der Waals surface area contributed by atoms with E-state index in [0.29, 0.717) is 17.4 Å². The summed E-state index contributed by atoms with van der Waals surface area (Å²) >= 11 is 0. The first-order valence-corrected chi connectivity index (χ1v) is 31.2. The summed E-state index contributed by atoms with van der Waals surface area (Å²) in [5, 5.41) is 14.0. The molecule has 0 aromatic rings. The Morgan fingerprint density at radius 1 is 0.485 bits per heavy atom. The molecule has 0 saturated heterocycles. The average molecular weight is 983 g/mol. The normalized spacial score (nSPS) is 14.0. The zero-order valence-electron chi connectivity index (χ0n) is 46.1. The molecule has 8 nitrogen and oxygen atoms in total. The van der Waals surface area contributed by atoms with Crippen LogP contribution in [0.15, 0.2) is 24.3 Å². The van der Waals surface area contributed by atoms with E-state index in [1.165, 1.54) is 238 Å². The van der Waals surface area contributed by atoms with Gasteiger partial charge in [0.25, 0.3) is 0 Å². The molecular weight excluding hydrogens is 864 g/mol. The quantitative estimate of drug-likeness (QED) is 0.0243. The van der Waals surface area contributed by atoms with E-state index < -0.39 is 20.0 Å². The maximum absolute atomic E-state index is 13.0. The fourth-order valence-corrected chi connectivity index (χ4v) is 9.72. The zero-order chi connectivity index (χ0) is 49.9. The number of hydrogen-bond acceptors (Lipinski definition) is 5. The van der Waals surface area contributed by atoms with Crippen molar-refractivity contribution in [1.82, 2.24) is 5.32 Å². The van der Waals surface area contributed by atoms with Gasteiger partial charge in [0.1, 0.15) is 13.2 Å². The maximum Gasteiger partial charge on any atom is 0.472 e. The van der Waals surface area contributed by atoms with E-state index >= 15 is 0 Å². The molecule has 0 saturated carbocycles. The van der Waals surface area contributed by atoms with Gasteiger partial charge in [-0.15, -0.1) is 0 Å². The molecule has 0 aliphatic heterocycles. The van der Waals surface area contributed by atoms with Crippen LogP contribution in [0.3, 0.4) is 0 Å². The highest BCUT2D eigenvalue weighted by Gasteiger charge is 2.27. The highest BCUT2D eigenvalue weighted by atomic mass is 31.2. The van der Waals surface area contributed by atoms with Gasteiger partial charge in [-0.1, -0.05) is 269 Å². The summed E-state index contributed by atoms with van der Waals surface area (Å²) in [4.78, 5) is 23.3. The number of amides is 1. The van der Waals surface area contributed by atoms with Crippen molar-refractivity contribution in [3.8, 4) is 0 Å². The molecule has 3 atom stereocenters. The highest BCUT2D eigenvalue weighted by Crippen LogP contribution is 2.43. The summed E-state index contributed by atoms with van der Waals surface area (Å²) in [6, 6.07) is -0.848. The lowest BCUT2D eigenvalue weighted by molar-refractivity contribution is -0.870. The molecule has 0 rings (SSSR count). The number of unbranched alkanes of at least 4 members (excludes halogenated alkanes) is 40. The van der Waals surface area contributed by atoms with E-state index in [4.69, 9.17) is 9.05 Å². The van der Waals surface area contributed by atoms with Crippen molar-refractivity contribution in [2.45, 2.75) is 309 Å². The Morgan fingerprint density at radius 3 is 1.13 bits per heavy atom. The number of nitrogens with one attached hydrogen (secondary N) is 1. The Morgan fingerprint density at radius 2 is 0.794 bits per heavy atom. The fraction of sp³-hybridized carbons (Fsp3) is 0.915. The molecule has 9 heteroatoms. The summed E-state index contributed by atoms with van der Waals surface area (Å²) in [7, 11) is 1.58. The van der Waals surface area contributed by atoms with Gasteiger partial charge in [-0.2, -0.15) is 0 Å². The van der Waals surface area contributed by atoms with Crippen LogP contribution in [0, 0.1) is 0 Å². The largest absolute Gasteiger partial charge is 0.472 e. The number of allylic oxidation sites excluding steroid dienone is 3. The van der Waals surface area contributed by atoms with Crippen molar-refractivity contribution in [2.24, 2.45) is 0 Å². The second-order valence-corrected chi connectivity index (χ2v) is 23.2. The van der Waals surface area contributed by atoms with E-state index in [1.54, 1.807) is 6.08 Å². The Hall–Kier alpha value is -1.02. The minimum atomic E-state index is -4.35.